The van der Waals surface area contributed by atoms with Crippen LogP contribution in [0.1, 0.15) is 44.0 Å². The Morgan fingerprint density at radius 1 is 1.39 bits per heavy atom. The summed E-state index contributed by atoms with van der Waals surface area (Å²) in [5, 5.41) is 7.79. The van der Waals surface area contributed by atoms with Crippen LogP contribution in [0.25, 0.3) is 0 Å². The normalized spacial score (nSPS) is 24.4. The Morgan fingerprint density at radius 2 is 2.11 bits per heavy atom. The Hall–Kier alpha value is -0.870. The van der Waals surface area contributed by atoms with Gasteiger partial charge in [-0.05, 0) is 45.2 Å². The van der Waals surface area contributed by atoms with Gasteiger partial charge < -0.3 is 10.1 Å². The van der Waals surface area contributed by atoms with Gasteiger partial charge in [-0.2, -0.15) is 5.10 Å². The largest absolute Gasteiger partial charge is 0.372 e. The standard InChI is InChI=1S/C14H25N3O/c1-4-11-9-13(17(3)16-11)10-18-14-7-5-12(15-2)6-8-14/h9,12,14-15H,4-8,10H2,1-3H3. The zero-order valence-electron chi connectivity index (χ0n) is 11.8. The lowest BCUT2D eigenvalue weighted by Crippen LogP contribution is -2.32. The molecule has 0 aromatic carbocycles. The van der Waals surface area contributed by atoms with Gasteiger partial charge in [0.2, 0.25) is 0 Å². The third kappa shape index (κ3) is 3.33. The fourth-order valence-electron chi connectivity index (χ4n) is 2.60. The molecule has 1 aliphatic carbocycles. The topological polar surface area (TPSA) is 39.1 Å². The number of aromatic nitrogens is 2. The van der Waals surface area contributed by atoms with Gasteiger partial charge in [-0.1, -0.05) is 6.92 Å². The van der Waals surface area contributed by atoms with Crippen LogP contribution in [0.15, 0.2) is 6.07 Å². The highest BCUT2D eigenvalue weighted by Crippen LogP contribution is 2.22. The number of hydrogen-bond donors (Lipinski definition) is 1. The summed E-state index contributed by atoms with van der Waals surface area (Å²) in [6.45, 7) is 2.82. The molecule has 0 spiro atoms. The lowest BCUT2D eigenvalue weighted by molar-refractivity contribution is 0.00901. The SMILES string of the molecule is CCc1cc(COC2CCC(NC)CC2)n(C)n1. The first kappa shape index (κ1) is 13.6. The predicted octanol–water partition coefficient (Wildman–Crippen LogP) is 2.03. The van der Waals surface area contributed by atoms with Gasteiger partial charge in [-0.3, -0.25) is 4.68 Å². The van der Waals surface area contributed by atoms with Crippen LogP contribution in [0.2, 0.25) is 0 Å². The second-order valence-corrected chi connectivity index (χ2v) is 5.18. The van der Waals surface area contributed by atoms with Gasteiger partial charge in [0, 0.05) is 13.1 Å². The van der Waals surface area contributed by atoms with Gasteiger partial charge in [0.1, 0.15) is 0 Å². The fourth-order valence-corrected chi connectivity index (χ4v) is 2.60. The molecule has 0 bridgehead atoms. The van der Waals surface area contributed by atoms with E-state index >= 15 is 0 Å². The molecule has 1 fully saturated rings. The molecule has 0 radical (unpaired) electrons. The molecule has 1 aromatic rings. The molecule has 0 atom stereocenters. The van der Waals surface area contributed by atoms with E-state index in [-0.39, 0.29) is 0 Å². The van der Waals surface area contributed by atoms with E-state index in [1.807, 2.05) is 18.8 Å². The Morgan fingerprint density at radius 3 is 2.67 bits per heavy atom. The molecule has 102 valence electrons. The van der Waals surface area contributed by atoms with E-state index in [9.17, 15) is 0 Å². The highest BCUT2D eigenvalue weighted by molar-refractivity contribution is 5.09. The third-order valence-corrected chi connectivity index (χ3v) is 3.94. The van der Waals surface area contributed by atoms with Crippen LogP contribution in [0.4, 0.5) is 0 Å². The van der Waals surface area contributed by atoms with Crippen molar-refractivity contribution in [3.8, 4) is 0 Å². The Balaban J connectivity index is 1.79. The van der Waals surface area contributed by atoms with Crippen molar-refractivity contribution in [3.63, 3.8) is 0 Å². The molecular formula is C14H25N3O. The van der Waals surface area contributed by atoms with Gasteiger partial charge in [0.15, 0.2) is 0 Å². The molecular weight excluding hydrogens is 226 g/mol. The minimum absolute atomic E-state index is 0.426. The average molecular weight is 251 g/mol. The molecule has 0 unspecified atom stereocenters. The minimum atomic E-state index is 0.426. The molecule has 0 saturated heterocycles. The van der Waals surface area contributed by atoms with Crippen LogP contribution in [-0.2, 0) is 24.8 Å². The first-order valence-electron chi connectivity index (χ1n) is 7.03. The number of aryl methyl sites for hydroxylation is 2. The smallest absolute Gasteiger partial charge is 0.0888 e. The first-order chi connectivity index (χ1) is 8.72. The van der Waals surface area contributed by atoms with Crippen LogP contribution in [0, 0.1) is 0 Å². The van der Waals surface area contributed by atoms with Gasteiger partial charge in [0.05, 0.1) is 24.1 Å². The van der Waals surface area contributed by atoms with Crippen LogP contribution in [-0.4, -0.2) is 29.0 Å². The van der Waals surface area contributed by atoms with Crippen LogP contribution < -0.4 is 5.32 Å². The summed E-state index contributed by atoms with van der Waals surface area (Å²) in [5.74, 6) is 0. The third-order valence-electron chi connectivity index (χ3n) is 3.94. The molecule has 0 aliphatic heterocycles. The molecule has 0 amide bonds. The van der Waals surface area contributed by atoms with E-state index in [2.05, 4.69) is 23.4 Å². The predicted molar refractivity (Wildman–Crippen MR) is 72.5 cm³/mol. The van der Waals surface area contributed by atoms with Gasteiger partial charge >= 0.3 is 0 Å². The quantitative estimate of drug-likeness (QED) is 0.870. The van der Waals surface area contributed by atoms with Gasteiger partial charge in [-0.25, -0.2) is 0 Å². The van der Waals surface area contributed by atoms with Crippen molar-refractivity contribution < 1.29 is 4.74 Å². The zero-order chi connectivity index (χ0) is 13.0. The summed E-state index contributed by atoms with van der Waals surface area (Å²) < 4.78 is 7.95. The van der Waals surface area contributed by atoms with Gasteiger partial charge in [0.25, 0.3) is 0 Å². The van der Waals surface area contributed by atoms with Crippen molar-refractivity contribution in [2.24, 2.45) is 7.05 Å². The van der Waals surface area contributed by atoms with Crippen molar-refractivity contribution in [2.45, 2.75) is 57.8 Å². The van der Waals surface area contributed by atoms with Crippen molar-refractivity contribution in [1.29, 1.82) is 0 Å². The second kappa shape index (κ2) is 6.34. The second-order valence-electron chi connectivity index (χ2n) is 5.18. The molecule has 1 saturated carbocycles. The summed E-state index contributed by atoms with van der Waals surface area (Å²) >= 11 is 0. The average Bonchev–Trinajstić information content (AvgIpc) is 2.77. The van der Waals surface area contributed by atoms with Crippen molar-refractivity contribution >= 4 is 0 Å². The van der Waals surface area contributed by atoms with Crippen molar-refractivity contribution in [3.05, 3.63) is 17.5 Å². The first-order valence-corrected chi connectivity index (χ1v) is 7.03. The molecule has 1 heterocycles. The van der Waals surface area contributed by atoms with E-state index in [0.29, 0.717) is 18.8 Å². The maximum absolute atomic E-state index is 6.01. The monoisotopic (exact) mass is 251 g/mol. The fraction of sp³-hybridized carbons (Fsp3) is 0.786. The summed E-state index contributed by atoms with van der Waals surface area (Å²) in [7, 11) is 4.05. The summed E-state index contributed by atoms with van der Waals surface area (Å²) in [6.07, 6.45) is 6.21. The Kier molecular flexibility index (Phi) is 4.78. The number of hydrogen-bond acceptors (Lipinski definition) is 3. The van der Waals surface area contributed by atoms with Crippen molar-refractivity contribution in [2.75, 3.05) is 7.05 Å². The lowest BCUT2D eigenvalue weighted by atomic mass is 9.93. The highest BCUT2D eigenvalue weighted by atomic mass is 16.5. The number of nitrogens with zero attached hydrogens (tertiary/aromatic N) is 2. The number of ether oxygens (including phenoxy) is 1. The molecule has 4 heteroatoms. The lowest BCUT2D eigenvalue weighted by Gasteiger charge is -2.28. The zero-order valence-corrected chi connectivity index (χ0v) is 11.8. The van der Waals surface area contributed by atoms with Gasteiger partial charge in [-0.15, -0.1) is 0 Å². The van der Waals surface area contributed by atoms with E-state index in [1.54, 1.807) is 0 Å². The maximum Gasteiger partial charge on any atom is 0.0888 e. The highest BCUT2D eigenvalue weighted by Gasteiger charge is 2.20. The molecule has 1 aromatic heterocycles. The molecule has 2 rings (SSSR count). The summed E-state index contributed by atoms with van der Waals surface area (Å²) in [4.78, 5) is 0. The summed E-state index contributed by atoms with van der Waals surface area (Å²) in [6, 6.07) is 2.84. The van der Waals surface area contributed by atoms with Crippen LogP contribution in [0.5, 0.6) is 0 Å². The van der Waals surface area contributed by atoms with E-state index < -0.39 is 0 Å². The van der Waals surface area contributed by atoms with E-state index in [0.717, 1.165) is 12.1 Å². The maximum atomic E-state index is 6.01. The summed E-state index contributed by atoms with van der Waals surface area (Å²) in [5.41, 5.74) is 2.33. The number of nitrogens with one attached hydrogen (secondary N) is 1. The van der Waals surface area contributed by atoms with E-state index in [4.69, 9.17) is 4.74 Å². The van der Waals surface area contributed by atoms with Crippen molar-refractivity contribution in [1.82, 2.24) is 15.1 Å². The Bertz CT molecular complexity index is 367. The number of rotatable bonds is 5. The molecule has 4 nitrogen and oxygen atoms in total. The minimum Gasteiger partial charge on any atom is -0.372 e. The van der Waals surface area contributed by atoms with Crippen LogP contribution >= 0.6 is 0 Å². The molecule has 1 N–H and O–H groups in total. The van der Waals surface area contributed by atoms with Crippen LogP contribution in [0.3, 0.4) is 0 Å². The van der Waals surface area contributed by atoms with E-state index in [1.165, 1.54) is 31.4 Å². The molecule has 1 aliphatic rings. The Labute approximate surface area is 110 Å². The molecule has 18 heavy (non-hydrogen) atoms.